The van der Waals surface area contributed by atoms with Crippen LogP contribution in [0.25, 0.3) is 33.4 Å². The number of carbonyl (C=O) groups excluding carboxylic acids is 4. The first-order chi connectivity index (χ1) is 44.7. The Morgan fingerprint density at radius 2 is 1.00 bits per heavy atom. The predicted octanol–water partition coefficient (Wildman–Crippen LogP) is 23.0. The van der Waals surface area contributed by atoms with Crippen LogP contribution < -0.4 is 10.7 Å². The van der Waals surface area contributed by atoms with E-state index in [0.29, 0.717) is 72.2 Å². The summed E-state index contributed by atoms with van der Waals surface area (Å²) >= 11 is 34.8. The summed E-state index contributed by atoms with van der Waals surface area (Å²) in [6.07, 6.45) is 38.7. The number of phosphoric ester groups is 1. The predicted molar refractivity (Wildman–Crippen MR) is 410 cm³/mol. The molecule has 524 valence electrons. The van der Waals surface area contributed by atoms with Crippen LogP contribution in [0.3, 0.4) is 0 Å². The minimum atomic E-state index is -4.67. The monoisotopic (exact) mass is 1840 g/mol. The molecule has 1 heterocycles. The average Bonchev–Trinajstić information content (AvgIpc) is 0.723. The van der Waals surface area contributed by atoms with Crippen molar-refractivity contribution in [3.8, 4) is 28.2 Å². The van der Waals surface area contributed by atoms with Crippen LogP contribution in [0.15, 0.2) is 21.3 Å². The van der Waals surface area contributed by atoms with E-state index in [4.69, 9.17) is 74.1 Å². The van der Waals surface area contributed by atoms with Crippen molar-refractivity contribution >= 4 is 179 Å². The summed E-state index contributed by atoms with van der Waals surface area (Å²) in [4.78, 5) is 76.3. The molecule has 24 heteroatoms. The van der Waals surface area contributed by atoms with Crippen LogP contribution in [-0.2, 0) is 42.2 Å². The number of ether oxygens (including phenoxy) is 3. The van der Waals surface area contributed by atoms with Gasteiger partial charge in [0.25, 0.3) is 0 Å². The minimum absolute atomic E-state index is 0.00840. The number of nitrogens with one attached hydrogen (secondary N) is 1. The zero-order valence-corrected chi connectivity index (χ0v) is 67.0. The van der Waals surface area contributed by atoms with Gasteiger partial charge in [0.2, 0.25) is 11.3 Å². The summed E-state index contributed by atoms with van der Waals surface area (Å²) in [5.41, 5.74) is 0.726. The molecule has 0 fully saturated rings. The highest BCUT2D eigenvalue weighted by atomic mass is 127. The van der Waals surface area contributed by atoms with Crippen molar-refractivity contribution < 1.29 is 61.4 Å². The Hall–Kier alpha value is -1.000. The summed E-state index contributed by atoms with van der Waals surface area (Å²) in [6, 6.07) is 3.30. The fourth-order valence-corrected chi connectivity index (χ4v) is 16.4. The van der Waals surface area contributed by atoms with E-state index in [1.54, 1.807) is 12.1 Å². The third-order valence-electron chi connectivity index (χ3n) is 16.3. The summed E-state index contributed by atoms with van der Waals surface area (Å²) < 4.78 is 48.1. The maximum Gasteiger partial charge on any atom is 0.472 e. The second-order valence-corrected chi connectivity index (χ2v) is 31.5. The quantitative estimate of drug-likeness (QED) is 0.00548. The molecule has 15 nitrogen and oxygen atoms in total. The Morgan fingerprint density at radius 1 is 0.538 bits per heavy atom. The lowest BCUT2D eigenvalue weighted by atomic mass is 9.90. The number of phenols is 1. The van der Waals surface area contributed by atoms with Gasteiger partial charge in [-0.25, -0.2) is 9.36 Å². The summed E-state index contributed by atoms with van der Waals surface area (Å²) in [5.74, 6) is -1.88. The Kier molecular flexibility index (Phi) is 44.2. The van der Waals surface area contributed by atoms with Crippen molar-refractivity contribution in [1.29, 1.82) is 0 Å². The van der Waals surface area contributed by atoms with Crippen molar-refractivity contribution in [1.82, 2.24) is 5.32 Å². The molecule has 2 aliphatic rings. The van der Waals surface area contributed by atoms with Crippen molar-refractivity contribution in [2.24, 2.45) is 0 Å². The summed E-state index contributed by atoms with van der Waals surface area (Å²) in [7, 11) is -4.67. The molecule has 0 saturated heterocycles. The first kappa shape index (κ1) is 84.4. The van der Waals surface area contributed by atoms with Gasteiger partial charge in [-0.1, -0.05) is 259 Å². The van der Waals surface area contributed by atoms with E-state index in [-0.39, 0.29) is 109 Å². The van der Waals surface area contributed by atoms with E-state index >= 15 is 0 Å². The number of benzene rings is 3. The second-order valence-electron chi connectivity index (χ2n) is 24.1. The number of esters is 3. The van der Waals surface area contributed by atoms with Gasteiger partial charge >= 0.3 is 25.7 Å². The Bertz CT molecular complexity index is 3010. The molecule has 1 aliphatic carbocycles. The first-order valence-corrected chi connectivity index (χ1v) is 41.3. The molecular weight excluding hydrogens is 1750 g/mol. The molecule has 1 amide bonds. The molecule has 0 radical (unpaired) electrons. The van der Waals surface area contributed by atoms with E-state index in [2.05, 4.69) is 19.2 Å². The molecule has 2 atom stereocenters. The molecule has 0 aromatic heterocycles. The lowest BCUT2D eigenvalue weighted by Crippen LogP contribution is -2.30. The molecule has 1 aliphatic heterocycles. The largest absolute Gasteiger partial charge is 0.506 e. The number of aromatic hydroxyl groups is 1. The van der Waals surface area contributed by atoms with Crippen LogP contribution in [0.5, 0.6) is 5.75 Å². The molecule has 0 bridgehead atoms. The number of hydrogen-bond acceptors (Lipinski definition) is 13. The highest BCUT2D eigenvalue weighted by Gasteiger charge is 2.34. The van der Waals surface area contributed by atoms with E-state index in [1.165, 1.54) is 141 Å². The minimum Gasteiger partial charge on any atom is -0.506 e. The van der Waals surface area contributed by atoms with Crippen molar-refractivity contribution in [3.63, 3.8) is 0 Å². The van der Waals surface area contributed by atoms with Crippen LogP contribution in [0.2, 0.25) is 20.1 Å². The number of rotatable bonds is 52. The van der Waals surface area contributed by atoms with Gasteiger partial charge in [-0.05, 0) is 128 Å². The van der Waals surface area contributed by atoms with Gasteiger partial charge in [0.15, 0.2) is 17.4 Å². The van der Waals surface area contributed by atoms with Gasteiger partial charge in [-0.3, -0.25) is 28.2 Å². The average molecular weight is 1850 g/mol. The van der Waals surface area contributed by atoms with Gasteiger partial charge in [0.05, 0.1) is 56.2 Å². The molecule has 2 aromatic carbocycles. The second kappa shape index (κ2) is 48.7. The molecule has 4 rings (SSSR count). The highest BCUT2D eigenvalue weighted by Crippen LogP contribution is 2.53. The molecule has 93 heavy (non-hydrogen) atoms. The van der Waals surface area contributed by atoms with Gasteiger partial charge < -0.3 is 33.9 Å². The molecular formula is C69H98Cl4I4NO14P. The maximum absolute atomic E-state index is 14.1. The highest BCUT2D eigenvalue weighted by molar-refractivity contribution is 14.1. The standard InChI is InChI=1S/C69H98Cl4I4NO14P/c1-3-5-7-9-11-13-15-17-19-21-23-25-27-31-35-39-54(80)88-46-48(91-55(81)40-36-32-28-26-24-22-20-18-16-14-12-10-8-6-4-2)47-90-93(85,86)89-43-41-78-53(79)38-34-30-29-33-37-42-87-69(84)58-57(59(70)61(72)62(73)60(58)71)56-49-44-51(74)65(82)63(76)67(49)92-68-50(56)45-52(75)66(83)64(68)77/h44-45,48,82H,3-43,46-47H2,1-2H3,(H,78,79)(H,85,86)/t48-/m1/s1. The molecule has 2 aromatic rings. The molecule has 3 N–H and O–H groups in total. The van der Waals surface area contributed by atoms with E-state index in [0.717, 1.165) is 38.5 Å². The van der Waals surface area contributed by atoms with Crippen LogP contribution in [-0.4, -0.2) is 72.9 Å². The van der Waals surface area contributed by atoms with Crippen LogP contribution in [0.4, 0.5) is 0 Å². The lowest BCUT2D eigenvalue weighted by molar-refractivity contribution is -0.161. The number of unbranched alkanes of at least 4 members (excludes halogenated alkanes) is 32. The van der Waals surface area contributed by atoms with Crippen LogP contribution in [0.1, 0.15) is 268 Å². The molecule has 1 unspecified atom stereocenters. The smallest absolute Gasteiger partial charge is 0.472 e. The van der Waals surface area contributed by atoms with E-state index in [1.807, 2.05) is 90.4 Å². The van der Waals surface area contributed by atoms with Crippen LogP contribution in [0, 0.1) is 14.3 Å². The van der Waals surface area contributed by atoms with Gasteiger partial charge in [-0.2, -0.15) is 0 Å². The topological polar surface area (TPSA) is 214 Å². The fourth-order valence-electron chi connectivity index (χ4n) is 11.0. The van der Waals surface area contributed by atoms with Crippen molar-refractivity contribution in [3.05, 3.63) is 62.3 Å². The molecule has 0 spiro atoms. The number of halogens is 8. The first-order valence-electron chi connectivity index (χ1n) is 34.0. The Morgan fingerprint density at radius 3 is 1.52 bits per heavy atom. The van der Waals surface area contributed by atoms with Gasteiger partial charge in [-0.15, -0.1) is 0 Å². The number of amides is 1. The number of carbonyl (C=O) groups is 4. The Balaban J connectivity index is 1.17. The maximum atomic E-state index is 14.1. The SMILES string of the molecule is CCCCCCCCCCCCCCCCCC(=O)OC[C@H](COP(=O)(O)OCCNC(=O)CCCCCCCOC(=O)c1c(Cl)c(Cl)c(Cl)c(Cl)c1-c1c2cc(I)c(=O)c(I)c-2oc2c(I)c(O)c(I)cc12)OC(=O)CCCCCCCCCCCCCCCCC. The third kappa shape index (κ3) is 31.6. The summed E-state index contributed by atoms with van der Waals surface area (Å²) in [5, 5.41) is 13.5. The Labute approximate surface area is 627 Å². The normalized spacial score (nSPS) is 12.6. The number of hydrogen-bond donors (Lipinski definition) is 3. The zero-order valence-electron chi connectivity index (χ0n) is 54.4. The van der Waals surface area contributed by atoms with Gasteiger partial charge in [0.1, 0.15) is 15.9 Å². The van der Waals surface area contributed by atoms with E-state index < -0.39 is 38.4 Å². The van der Waals surface area contributed by atoms with Gasteiger partial charge in [0, 0.05) is 47.9 Å². The summed E-state index contributed by atoms with van der Waals surface area (Å²) in [6.45, 7) is 3.22. The number of fused-ring (bicyclic) bond motifs is 2. The van der Waals surface area contributed by atoms with E-state index in [9.17, 15) is 38.5 Å². The number of phosphoric acid groups is 1. The number of phenolic OH excluding ortho intramolecular Hbond substituents is 1. The van der Waals surface area contributed by atoms with Crippen molar-refractivity contribution in [2.45, 2.75) is 264 Å². The third-order valence-corrected chi connectivity index (χ3v) is 22.7. The van der Waals surface area contributed by atoms with Crippen LogP contribution >= 0.6 is 145 Å². The lowest BCUT2D eigenvalue weighted by Gasteiger charge is -2.22. The zero-order chi connectivity index (χ0) is 68.0. The fraction of sp³-hybridized carbons (Fsp3) is 0.667. The van der Waals surface area contributed by atoms with Crippen molar-refractivity contribution in [2.75, 3.05) is 33.0 Å². The molecule has 0 saturated carbocycles.